The molecule has 4 aromatic rings. The molecule has 3 heterocycles. The number of nitrogens with zero attached hydrogens (tertiary/aromatic N) is 3. The summed E-state index contributed by atoms with van der Waals surface area (Å²) in [5.41, 5.74) is 2.99. The Labute approximate surface area is 143 Å². The van der Waals surface area contributed by atoms with Crippen LogP contribution in [0.25, 0.3) is 21.3 Å². The third-order valence-corrected chi connectivity index (χ3v) is 4.87. The van der Waals surface area contributed by atoms with E-state index in [1.54, 1.807) is 17.1 Å². The fourth-order valence-electron chi connectivity index (χ4n) is 2.74. The van der Waals surface area contributed by atoms with Gasteiger partial charge in [-0.05, 0) is 17.7 Å². The Morgan fingerprint density at radius 2 is 1.83 bits per heavy atom. The zero-order chi connectivity index (χ0) is 16.4. The van der Waals surface area contributed by atoms with Crippen molar-refractivity contribution in [2.75, 3.05) is 0 Å². The molecule has 4 nitrogen and oxygen atoms in total. The predicted octanol–water partition coefficient (Wildman–Crippen LogP) is 3.76. The molecule has 0 N–H and O–H groups in total. The molecular weight excluding hydrogens is 318 g/mol. The van der Waals surface area contributed by atoms with E-state index in [0.717, 1.165) is 21.7 Å². The first-order valence-corrected chi connectivity index (χ1v) is 8.63. The number of benzene rings is 1. The fourth-order valence-corrected chi connectivity index (χ4v) is 3.64. The number of aromatic nitrogens is 3. The molecule has 0 fully saturated rings. The normalized spacial score (nSPS) is 11.0. The van der Waals surface area contributed by atoms with E-state index in [0.29, 0.717) is 18.4 Å². The second-order valence-electron chi connectivity index (χ2n) is 5.51. The third kappa shape index (κ3) is 2.74. The molecule has 0 saturated carbocycles. The molecule has 0 unspecified atom stereocenters. The van der Waals surface area contributed by atoms with Crippen LogP contribution in [-0.2, 0) is 13.0 Å². The van der Waals surface area contributed by atoms with E-state index in [9.17, 15) is 4.79 Å². The molecule has 0 aliphatic heterocycles. The van der Waals surface area contributed by atoms with Gasteiger partial charge in [0.15, 0.2) is 0 Å². The highest BCUT2D eigenvalue weighted by molar-refractivity contribution is 7.17. The number of hydrogen-bond acceptors (Lipinski definition) is 4. The highest BCUT2D eigenvalue weighted by Gasteiger charge is 2.13. The molecule has 0 aliphatic rings. The van der Waals surface area contributed by atoms with E-state index in [1.807, 2.05) is 53.9 Å². The van der Waals surface area contributed by atoms with Crippen molar-refractivity contribution in [2.24, 2.45) is 0 Å². The topological polar surface area (TPSA) is 47.8 Å². The summed E-state index contributed by atoms with van der Waals surface area (Å²) in [5, 5.41) is 2.71. The highest BCUT2D eigenvalue weighted by atomic mass is 32.1. The number of pyridine rings is 1. The molecule has 24 heavy (non-hydrogen) atoms. The van der Waals surface area contributed by atoms with Gasteiger partial charge in [0.2, 0.25) is 0 Å². The Hall–Kier alpha value is -2.79. The quantitative estimate of drug-likeness (QED) is 0.571. The van der Waals surface area contributed by atoms with Crippen LogP contribution in [0.1, 0.15) is 5.69 Å². The van der Waals surface area contributed by atoms with Crippen molar-refractivity contribution in [1.82, 2.24) is 14.5 Å². The summed E-state index contributed by atoms with van der Waals surface area (Å²) in [6.07, 6.45) is 4.11. The third-order valence-electron chi connectivity index (χ3n) is 3.98. The van der Waals surface area contributed by atoms with Gasteiger partial charge in [-0.25, -0.2) is 4.98 Å². The minimum Gasteiger partial charge on any atom is -0.298 e. The lowest BCUT2D eigenvalue weighted by Gasteiger charge is -2.06. The van der Waals surface area contributed by atoms with E-state index in [-0.39, 0.29) is 5.56 Å². The molecular formula is C19H15N3OS. The van der Waals surface area contributed by atoms with Crippen molar-refractivity contribution in [3.05, 3.63) is 82.5 Å². The van der Waals surface area contributed by atoms with Crippen molar-refractivity contribution in [3.8, 4) is 11.1 Å². The minimum atomic E-state index is 0.0102. The SMILES string of the molecule is O=c1c2c(-c3ccccc3)csc2ncn1CCc1ccccn1. The molecule has 0 amide bonds. The predicted molar refractivity (Wildman–Crippen MR) is 97.3 cm³/mol. The maximum atomic E-state index is 12.9. The zero-order valence-corrected chi connectivity index (χ0v) is 13.7. The summed E-state index contributed by atoms with van der Waals surface area (Å²) in [7, 11) is 0. The lowest BCUT2D eigenvalue weighted by Crippen LogP contribution is -2.21. The van der Waals surface area contributed by atoms with Crippen LogP contribution in [0, 0.1) is 0 Å². The minimum absolute atomic E-state index is 0.0102. The first-order chi connectivity index (χ1) is 11.8. The molecule has 0 radical (unpaired) electrons. The number of thiophene rings is 1. The summed E-state index contributed by atoms with van der Waals surface area (Å²) in [4.78, 5) is 22.5. The number of hydrogen-bond donors (Lipinski definition) is 0. The average Bonchev–Trinajstić information content (AvgIpc) is 3.08. The zero-order valence-electron chi connectivity index (χ0n) is 12.9. The molecule has 0 saturated heterocycles. The Morgan fingerprint density at radius 1 is 1.00 bits per heavy atom. The molecule has 0 spiro atoms. The van der Waals surface area contributed by atoms with E-state index >= 15 is 0 Å². The Kier molecular flexibility index (Phi) is 3.92. The number of fused-ring (bicyclic) bond motifs is 1. The Bertz CT molecular complexity index is 1020. The molecule has 0 bridgehead atoms. The van der Waals surface area contributed by atoms with Crippen molar-refractivity contribution in [1.29, 1.82) is 0 Å². The van der Waals surface area contributed by atoms with Crippen LogP contribution < -0.4 is 5.56 Å². The van der Waals surface area contributed by atoms with Crippen LogP contribution in [0.15, 0.2) is 71.2 Å². The number of aryl methyl sites for hydroxylation is 2. The van der Waals surface area contributed by atoms with Crippen molar-refractivity contribution in [2.45, 2.75) is 13.0 Å². The largest absolute Gasteiger partial charge is 0.298 e. The van der Waals surface area contributed by atoms with Gasteiger partial charge >= 0.3 is 0 Å². The maximum absolute atomic E-state index is 12.9. The van der Waals surface area contributed by atoms with E-state index < -0.39 is 0 Å². The van der Waals surface area contributed by atoms with Crippen LogP contribution in [0.3, 0.4) is 0 Å². The van der Waals surface area contributed by atoms with Gasteiger partial charge in [-0.1, -0.05) is 36.4 Å². The summed E-state index contributed by atoms with van der Waals surface area (Å²) in [6, 6.07) is 15.8. The van der Waals surface area contributed by atoms with Crippen molar-refractivity contribution < 1.29 is 0 Å². The van der Waals surface area contributed by atoms with Gasteiger partial charge < -0.3 is 0 Å². The van der Waals surface area contributed by atoms with Gasteiger partial charge in [0.1, 0.15) is 4.83 Å². The maximum Gasteiger partial charge on any atom is 0.262 e. The van der Waals surface area contributed by atoms with Crippen LogP contribution in [0.5, 0.6) is 0 Å². The molecule has 1 aromatic carbocycles. The van der Waals surface area contributed by atoms with Gasteiger partial charge in [-0.3, -0.25) is 14.3 Å². The summed E-state index contributed by atoms with van der Waals surface area (Å²) in [5.74, 6) is 0. The molecule has 5 heteroatoms. The van der Waals surface area contributed by atoms with E-state index in [1.165, 1.54) is 11.3 Å². The highest BCUT2D eigenvalue weighted by Crippen LogP contribution is 2.30. The van der Waals surface area contributed by atoms with Gasteiger partial charge in [-0.2, -0.15) is 0 Å². The number of rotatable bonds is 4. The van der Waals surface area contributed by atoms with Crippen LogP contribution in [0.2, 0.25) is 0 Å². The van der Waals surface area contributed by atoms with E-state index in [4.69, 9.17) is 0 Å². The molecule has 0 aliphatic carbocycles. The monoisotopic (exact) mass is 333 g/mol. The fraction of sp³-hybridized carbons (Fsp3) is 0.105. The second kappa shape index (κ2) is 6.37. The van der Waals surface area contributed by atoms with Crippen molar-refractivity contribution >= 4 is 21.6 Å². The molecule has 0 atom stereocenters. The smallest absolute Gasteiger partial charge is 0.262 e. The van der Waals surface area contributed by atoms with Gasteiger partial charge in [-0.15, -0.1) is 11.3 Å². The first-order valence-electron chi connectivity index (χ1n) is 7.75. The van der Waals surface area contributed by atoms with Crippen LogP contribution in [0.4, 0.5) is 0 Å². The standard InChI is InChI=1S/C19H15N3OS/c23-19-17-16(14-6-2-1-3-7-14)12-24-18(17)21-13-22(19)11-9-15-8-4-5-10-20-15/h1-8,10,12-13H,9,11H2. The van der Waals surface area contributed by atoms with Crippen molar-refractivity contribution in [3.63, 3.8) is 0 Å². The van der Waals surface area contributed by atoms with Gasteiger partial charge in [0.25, 0.3) is 5.56 Å². The van der Waals surface area contributed by atoms with E-state index in [2.05, 4.69) is 9.97 Å². The van der Waals surface area contributed by atoms with Gasteiger partial charge in [0.05, 0.1) is 11.7 Å². The molecule has 118 valence electrons. The Balaban J connectivity index is 1.73. The average molecular weight is 333 g/mol. The molecule has 4 rings (SSSR count). The summed E-state index contributed by atoms with van der Waals surface area (Å²) < 4.78 is 1.68. The lowest BCUT2D eigenvalue weighted by atomic mass is 10.1. The Morgan fingerprint density at radius 3 is 2.62 bits per heavy atom. The van der Waals surface area contributed by atoms with Crippen LogP contribution >= 0.6 is 11.3 Å². The lowest BCUT2D eigenvalue weighted by molar-refractivity contribution is 0.654. The van der Waals surface area contributed by atoms with Crippen LogP contribution in [-0.4, -0.2) is 14.5 Å². The second-order valence-corrected chi connectivity index (χ2v) is 6.37. The summed E-state index contributed by atoms with van der Waals surface area (Å²) in [6.45, 7) is 0.572. The first kappa shape index (κ1) is 14.8. The summed E-state index contributed by atoms with van der Waals surface area (Å²) >= 11 is 1.51. The molecule has 3 aromatic heterocycles. The van der Waals surface area contributed by atoms with Gasteiger partial charge in [0, 0.05) is 35.8 Å².